The Kier molecular flexibility index (Phi) is 4.90. The van der Waals surface area contributed by atoms with E-state index >= 15 is 0 Å². The summed E-state index contributed by atoms with van der Waals surface area (Å²) in [6.07, 6.45) is 0.956. The molecule has 0 radical (unpaired) electrons. The molecule has 0 bridgehead atoms. The summed E-state index contributed by atoms with van der Waals surface area (Å²) in [5.74, 6) is 0. The average Bonchev–Trinajstić information content (AvgIpc) is 2.22. The topological polar surface area (TPSA) is 29.3 Å². The van der Waals surface area contributed by atoms with Crippen molar-refractivity contribution in [2.24, 2.45) is 5.73 Å². The Morgan fingerprint density at radius 1 is 1.44 bits per heavy atom. The van der Waals surface area contributed by atoms with Crippen molar-refractivity contribution in [1.82, 2.24) is 4.90 Å². The van der Waals surface area contributed by atoms with E-state index in [1.165, 1.54) is 11.1 Å². The Hall–Kier alpha value is -0.930. The summed E-state index contributed by atoms with van der Waals surface area (Å²) in [5.41, 5.74) is 8.37. The highest BCUT2D eigenvalue weighted by molar-refractivity contribution is 7.80. The van der Waals surface area contributed by atoms with Gasteiger partial charge in [-0.15, -0.1) is 0 Å². The zero-order chi connectivity index (χ0) is 12.1. The molecule has 16 heavy (non-hydrogen) atoms. The minimum absolute atomic E-state index is 0.189. The van der Waals surface area contributed by atoms with Gasteiger partial charge < -0.3 is 5.73 Å². The van der Waals surface area contributed by atoms with Crippen LogP contribution in [-0.2, 0) is 6.54 Å². The molecule has 0 aliphatic rings. The minimum Gasteiger partial charge on any atom is -0.392 e. The van der Waals surface area contributed by atoms with E-state index in [2.05, 4.69) is 50.1 Å². The molecule has 0 heterocycles. The molecule has 0 aliphatic carbocycles. The molecule has 1 rings (SSSR count). The molecule has 2 N–H and O–H groups in total. The van der Waals surface area contributed by atoms with Gasteiger partial charge in [0.05, 0.1) is 11.0 Å². The van der Waals surface area contributed by atoms with E-state index in [-0.39, 0.29) is 6.04 Å². The monoisotopic (exact) mass is 236 g/mol. The van der Waals surface area contributed by atoms with Crippen LogP contribution in [0, 0.1) is 6.92 Å². The van der Waals surface area contributed by atoms with Gasteiger partial charge in [-0.05, 0) is 31.5 Å². The van der Waals surface area contributed by atoms with Crippen LogP contribution in [0.1, 0.15) is 24.5 Å². The Morgan fingerprint density at radius 3 is 2.56 bits per heavy atom. The maximum Gasteiger partial charge on any atom is 0.0901 e. The van der Waals surface area contributed by atoms with Crippen molar-refractivity contribution in [2.45, 2.75) is 32.9 Å². The van der Waals surface area contributed by atoms with Crippen molar-refractivity contribution in [3.63, 3.8) is 0 Å². The fourth-order valence-corrected chi connectivity index (χ4v) is 2.24. The smallest absolute Gasteiger partial charge is 0.0901 e. The summed E-state index contributed by atoms with van der Waals surface area (Å²) >= 11 is 5.08. The first-order valence-corrected chi connectivity index (χ1v) is 6.01. The van der Waals surface area contributed by atoms with Crippen molar-refractivity contribution in [1.29, 1.82) is 0 Å². The molecule has 0 saturated carbocycles. The first kappa shape index (κ1) is 13.1. The largest absolute Gasteiger partial charge is 0.392 e. The lowest BCUT2D eigenvalue weighted by molar-refractivity contribution is 0.283. The lowest BCUT2D eigenvalue weighted by Crippen LogP contribution is -2.40. The van der Waals surface area contributed by atoms with E-state index < -0.39 is 0 Å². The van der Waals surface area contributed by atoms with Crippen molar-refractivity contribution < 1.29 is 0 Å². The van der Waals surface area contributed by atoms with Gasteiger partial charge in [-0.1, -0.05) is 43.4 Å². The highest BCUT2D eigenvalue weighted by atomic mass is 32.1. The first-order valence-electron chi connectivity index (χ1n) is 5.60. The average molecular weight is 236 g/mol. The van der Waals surface area contributed by atoms with Crippen LogP contribution in [0.25, 0.3) is 0 Å². The van der Waals surface area contributed by atoms with Gasteiger partial charge in [0.25, 0.3) is 0 Å². The van der Waals surface area contributed by atoms with Crippen LogP contribution < -0.4 is 5.73 Å². The van der Waals surface area contributed by atoms with Gasteiger partial charge in [-0.2, -0.15) is 0 Å². The highest BCUT2D eigenvalue weighted by Crippen LogP contribution is 2.12. The van der Waals surface area contributed by atoms with Crippen LogP contribution in [0.4, 0.5) is 0 Å². The lowest BCUT2D eigenvalue weighted by Gasteiger charge is -2.26. The Balaban J connectivity index is 2.74. The molecule has 0 amide bonds. The highest BCUT2D eigenvalue weighted by Gasteiger charge is 2.15. The van der Waals surface area contributed by atoms with Crippen molar-refractivity contribution in [3.8, 4) is 0 Å². The fraction of sp³-hybridized carbons (Fsp3) is 0.462. The predicted octanol–water partition coefficient (Wildman–Crippen LogP) is 2.49. The molecule has 3 heteroatoms. The number of hydrogen-bond donors (Lipinski definition) is 1. The zero-order valence-electron chi connectivity index (χ0n) is 10.2. The molecular weight excluding hydrogens is 216 g/mol. The second-order valence-corrected chi connectivity index (χ2v) is 4.64. The number of hydrogen-bond acceptors (Lipinski definition) is 2. The van der Waals surface area contributed by atoms with Gasteiger partial charge in [0.15, 0.2) is 0 Å². The van der Waals surface area contributed by atoms with Crippen LogP contribution in [0.2, 0.25) is 0 Å². The van der Waals surface area contributed by atoms with Gasteiger partial charge in [0.2, 0.25) is 0 Å². The Bertz CT molecular complexity index is 363. The number of nitrogens with two attached hydrogens (primary N) is 1. The third kappa shape index (κ3) is 3.29. The summed E-state index contributed by atoms with van der Waals surface area (Å²) in [7, 11) is 2.07. The van der Waals surface area contributed by atoms with Gasteiger partial charge in [-0.3, -0.25) is 4.90 Å². The van der Waals surface area contributed by atoms with Crippen molar-refractivity contribution in [3.05, 3.63) is 35.4 Å². The number of aryl methyl sites for hydroxylation is 1. The van der Waals surface area contributed by atoms with E-state index in [0.717, 1.165) is 13.0 Å². The molecule has 0 spiro atoms. The number of thiocarbonyl (C=S) groups is 1. The van der Waals surface area contributed by atoms with Gasteiger partial charge in [0.1, 0.15) is 0 Å². The summed E-state index contributed by atoms with van der Waals surface area (Å²) in [4.78, 5) is 2.79. The molecule has 0 aliphatic heterocycles. The van der Waals surface area contributed by atoms with Crippen LogP contribution in [0.15, 0.2) is 24.3 Å². The summed E-state index contributed by atoms with van der Waals surface area (Å²) in [6.45, 7) is 5.13. The molecule has 1 aromatic carbocycles. The summed E-state index contributed by atoms with van der Waals surface area (Å²) < 4.78 is 0. The maximum atomic E-state index is 5.73. The first-order chi connectivity index (χ1) is 7.56. The summed E-state index contributed by atoms with van der Waals surface area (Å²) in [6, 6.07) is 8.60. The SMILES string of the molecule is CCC(C(N)=S)N(C)Cc1ccccc1C. The Morgan fingerprint density at radius 2 is 2.06 bits per heavy atom. The van der Waals surface area contributed by atoms with E-state index in [1.54, 1.807) is 0 Å². The van der Waals surface area contributed by atoms with Crippen LogP contribution >= 0.6 is 12.2 Å². The van der Waals surface area contributed by atoms with E-state index in [9.17, 15) is 0 Å². The third-order valence-corrected chi connectivity index (χ3v) is 3.20. The number of rotatable bonds is 5. The van der Waals surface area contributed by atoms with Crippen LogP contribution in [0.3, 0.4) is 0 Å². The van der Waals surface area contributed by atoms with Gasteiger partial charge >= 0.3 is 0 Å². The zero-order valence-corrected chi connectivity index (χ0v) is 11.1. The normalized spacial score (nSPS) is 12.8. The van der Waals surface area contributed by atoms with Crippen LogP contribution in [-0.4, -0.2) is 23.0 Å². The number of nitrogens with zero attached hydrogens (tertiary/aromatic N) is 1. The van der Waals surface area contributed by atoms with E-state index in [4.69, 9.17) is 18.0 Å². The third-order valence-electron chi connectivity index (χ3n) is 2.93. The minimum atomic E-state index is 0.189. The second-order valence-electron chi connectivity index (χ2n) is 4.17. The van der Waals surface area contributed by atoms with Gasteiger partial charge in [0, 0.05) is 6.54 Å². The molecular formula is C13H20N2S. The molecule has 2 nitrogen and oxygen atoms in total. The molecule has 0 saturated heterocycles. The van der Waals surface area contributed by atoms with Crippen LogP contribution in [0.5, 0.6) is 0 Å². The number of benzene rings is 1. The van der Waals surface area contributed by atoms with E-state index in [1.807, 2.05) is 0 Å². The molecule has 1 atom stereocenters. The molecule has 1 unspecified atom stereocenters. The number of likely N-dealkylation sites (N-methyl/N-ethyl adjacent to an activating group) is 1. The molecule has 1 aromatic rings. The molecule has 88 valence electrons. The maximum absolute atomic E-state index is 5.73. The van der Waals surface area contributed by atoms with Crippen molar-refractivity contribution in [2.75, 3.05) is 7.05 Å². The second kappa shape index (κ2) is 5.97. The fourth-order valence-electron chi connectivity index (χ4n) is 1.90. The molecule has 0 aromatic heterocycles. The standard InChI is InChI=1S/C13H20N2S/c1-4-12(13(14)16)15(3)9-11-8-6-5-7-10(11)2/h5-8,12H,4,9H2,1-3H3,(H2,14,16). The lowest BCUT2D eigenvalue weighted by atomic mass is 10.1. The quantitative estimate of drug-likeness (QED) is 0.796. The molecule has 0 fully saturated rings. The summed E-state index contributed by atoms with van der Waals surface area (Å²) in [5, 5.41) is 0. The van der Waals surface area contributed by atoms with Gasteiger partial charge in [-0.25, -0.2) is 0 Å². The van der Waals surface area contributed by atoms with Crippen molar-refractivity contribution >= 4 is 17.2 Å². The predicted molar refractivity (Wildman–Crippen MR) is 73.5 cm³/mol. The Labute approximate surface area is 103 Å². The van der Waals surface area contributed by atoms with E-state index in [0.29, 0.717) is 4.99 Å².